The van der Waals surface area contributed by atoms with Gasteiger partial charge in [0.05, 0.1) is 17.1 Å². The third kappa shape index (κ3) is 6.32. The molecule has 0 fully saturated rings. The van der Waals surface area contributed by atoms with Crippen LogP contribution in [0.5, 0.6) is 11.5 Å². The molecule has 1 aliphatic heterocycles. The Hall–Kier alpha value is -3.41. The Morgan fingerprint density at radius 1 is 1.00 bits per heavy atom. The molecule has 0 spiro atoms. The predicted molar refractivity (Wildman–Crippen MR) is 154 cm³/mol. The summed E-state index contributed by atoms with van der Waals surface area (Å²) in [6.45, 7) is 8.67. The topological polar surface area (TPSA) is 111 Å². The van der Waals surface area contributed by atoms with Crippen LogP contribution in [0.4, 0.5) is 5.00 Å². The van der Waals surface area contributed by atoms with Crippen molar-refractivity contribution in [1.29, 1.82) is 0 Å². The minimum atomic E-state index is -3.66. The van der Waals surface area contributed by atoms with E-state index in [4.69, 9.17) is 14.2 Å². The summed E-state index contributed by atoms with van der Waals surface area (Å²) in [4.78, 5) is 27.1. The van der Waals surface area contributed by atoms with Gasteiger partial charge in [-0.1, -0.05) is 19.9 Å². The van der Waals surface area contributed by atoms with E-state index in [-0.39, 0.29) is 23.9 Å². The number of ether oxygens (including phenoxy) is 3. The smallest absolute Gasteiger partial charge is 0.341 e. The van der Waals surface area contributed by atoms with Crippen LogP contribution in [0.25, 0.3) is 0 Å². The molecule has 0 radical (unpaired) electrons. The van der Waals surface area contributed by atoms with Crippen LogP contribution in [0.2, 0.25) is 0 Å². The highest BCUT2D eigenvalue weighted by Gasteiger charge is 2.26. The monoisotopic (exact) mass is 586 g/mol. The molecule has 9 nitrogen and oxygen atoms in total. The number of rotatable bonds is 12. The first-order valence-electron chi connectivity index (χ1n) is 13.3. The van der Waals surface area contributed by atoms with Gasteiger partial charge in [-0.15, -0.1) is 11.3 Å². The van der Waals surface area contributed by atoms with Gasteiger partial charge in [0.15, 0.2) is 11.5 Å². The van der Waals surface area contributed by atoms with Gasteiger partial charge in [-0.25, -0.2) is 13.2 Å². The highest BCUT2D eigenvalue weighted by molar-refractivity contribution is 7.89. The van der Waals surface area contributed by atoms with Crippen LogP contribution in [-0.2, 0) is 21.2 Å². The SMILES string of the molecule is CCCN(CCC)S(=O)(=O)c1ccc(C(=O)Nc2sc(Cc3ccc4c(c3)OCO4)c(C)c2C(=O)OCC)cc1. The van der Waals surface area contributed by atoms with Crippen molar-refractivity contribution in [3.8, 4) is 11.5 Å². The van der Waals surface area contributed by atoms with Crippen molar-refractivity contribution < 1.29 is 32.2 Å². The number of amides is 1. The maximum Gasteiger partial charge on any atom is 0.341 e. The highest BCUT2D eigenvalue weighted by atomic mass is 32.2. The van der Waals surface area contributed by atoms with Crippen molar-refractivity contribution in [2.24, 2.45) is 0 Å². The molecule has 0 aliphatic carbocycles. The highest BCUT2D eigenvalue weighted by Crippen LogP contribution is 2.38. The number of nitrogens with zero attached hydrogens (tertiary/aromatic N) is 1. The van der Waals surface area contributed by atoms with E-state index in [0.29, 0.717) is 54.4 Å². The number of carbonyl (C=O) groups excluding carboxylic acids is 2. The molecule has 4 rings (SSSR count). The first-order chi connectivity index (χ1) is 19.2. The zero-order valence-electron chi connectivity index (χ0n) is 23.1. The van der Waals surface area contributed by atoms with E-state index in [1.807, 2.05) is 39.0 Å². The van der Waals surface area contributed by atoms with Crippen molar-refractivity contribution in [3.05, 3.63) is 69.6 Å². The predicted octanol–water partition coefficient (Wildman–Crippen LogP) is 5.62. The Balaban J connectivity index is 1.58. The zero-order valence-corrected chi connectivity index (χ0v) is 24.7. The third-order valence-corrected chi connectivity index (χ3v) is 9.57. The van der Waals surface area contributed by atoms with E-state index in [1.165, 1.54) is 39.9 Å². The van der Waals surface area contributed by atoms with Crippen LogP contribution >= 0.6 is 11.3 Å². The lowest BCUT2D eigenvalue weighted by molar-refractivity contribution is 0.0527. The van der Waals surface area contributed by atoms with Crippen LogP contribution < -0.4 is 14.8 Å². The van der Waals surface area contributed by atoms with Crippen molar-refractivity contribution >= 4 is 38.2 Å². The lowest BCUT2D eigenvalue weighted by Crippen LogP contribution is -2.32. The second-order valence-corrected chi connectivity index (χ2v) is 12.4. The van der Waals surface area contributed by atoms with Crippen molar-refractivity contribution in [2.75, 3.05) is 31.8 Å². The van der Waals surface area contributed by atoms with Crippen LogP contribution in [0, 0.1) is 6.92 Å². The minimum Gasteiger partial charge on any atom is -0.462 e. The van der Waals surface area contributed by atoms with Gasteiger partial charge in [-0.05, 0) is 74.2 Å². The van der Waals surface area contributed by atoms with Gasteiger partial charge < -0.3 is 19.5 Å². The summed E-state index contributed by atoms with van der Waals surface area (Å²) < 4.78 is 43.8. The summed E-state index contributed by atoms with van der Waals surface area (Å²) in [6, 6.07) is 11.5. The number of carbonyl (C=O) groups is 2. The first kappa shape index (κ1) is 29.6. The quantitative estimate of drug-likeness (QED) is 0.274. The summed E-state index contributed by atoms with van der Waals surface area (Å²) in [5, 5.41) is 3.23. The van der Waals surface area contributed by atoms with Crippen molar-refractivity contribution in [1.82, 2.24) is 4.31 Å². The molecule has 0 saturated carbocycles. The maximum atomic E-state index is 13.2. The second-order valence-electron chi connectivity index (χ2n) is 9.32. The molecule has 1 aromatic heterocycles. The van der Waals surface area contributed by atoms with Gasteiger partial charge >= 0.3 is 5.97 Å². The molecule has 0 atom stereocenters. The number of thiophene rings is 1. The lowest BCUT2D eigenvalue weighted by Gasteiger charge is -2.21. The summed E-state index contributed by atoms with van der Waals surface area (Å²) >= 11 is 1.31. The van der Waals surface area contributed by atoms with E-state index in [0.717, 1.165) is 16.0 Å². The summed E-state index contributed by atoms with van der Waals surface area (Å²) in [5.41, 5.74) is 2.28. The zero-order chi connectivity index (χ0) is 28.9. The third-order valence-electron chi connectivity index (χ3n) is 6.45. The molecule has 0 saturated heterocycles. The molecule has 0 unspecified atom stereocenters. The van der Waals surface area contributed by atoms with E-state index < -0.39 is 21.9 Å². The van der Waals surface area contributed by atoms with Crippen LogP contribution in [0.3, 0.4) is 0 Å². The number of esters is 1. The van der Waals surface area contributed by atoms with Crippen molar-refractivity contribution in [3.63, 3.8) is 0 Å². The molecular weight excluding hydrogens is 552 g/mol. The Morgan fingerprint density at radius 2 is 1.68 bits per heavy atom. The second kappa shape index (κ2) is 12.8. The minimum absolute atomic E-state index is 0.135. The van der Waals surface area contributed by atoms with Gasteiger partial charge in [0.2, 0.25) is 16.8 Å². The number of hydrogen-bond donors (Lipinski definition) is 1. The Bertz CT molecular complexity index is 1470. The van der Waals surface area contributed by atoms with E-state index in [2.05, 4.69) is 5.32 Å². The molecule has 1 aliphatic rings. The average molecular weight is 587 g/mol. The summed E-state index contributed by atoms with van der Waals surface area (Å²) in [5.74, 6) is 0.388. The molecule has 11 heteroatoms. The molecule has 214 valence electrons. The summed E-state index contributed by atoms with van der Waals surface area (Å²) in [7, 11) is -3.66. The van der Waals surface area contributed by atoms with Gasteiger partial charge in [-0.2, -0.15) is 4.31 Å². The molecule has 1 amide bonds. The lowest BCUT2D eigenvalue weighted by atomic mass is 10.1. The van der Waals surface area contributed by atoms with Gasteiger partial charge in [0.1, 0.15) is 5.00 Å². The Kier molecular flexibility index (Phi) is 9.49. The fourth-order valence-electron chi connectivity index (χ4n) is 4.46. The fraction of sp³-hybridized carbons (Fsp3) is 0.379. The molecular formula is C29H34N2O7S2. The fourth-order valence-corrected chi connectivity index (χ4v) is 7.30. The standard InChI is InChI=1S/C29H34N2O7S2/c1-5-14-31(15-6-2)40(34,35)22-11-9-21(10-12-22)27(32)30-28-26(29(33)36-7-3)19(4)25(39-28)17-20-8-13-23-24(16-20)38-18-37-23/h8-13,16H,5-7,14-15,17-18H2,1-4H3,(H,30,32). The van der Waals surface area contributed by atoms with Gasteiger partial charge in [0.25, 0.3) is 5.91 Å². The van der Waals surface area contributed by atoms with E-state index >= 15 is 0 Å². The molecule has 2 aromatic carbocycles. The molecule has 1 N–H and O–H groups in total. The largest absolute Gasteiger partial charge is 0.462 e. The Morgan fingerprint density at radius 3 is 2.33 bits per heavy atom. The molecule has 0 bridgehead atoms. The number of sulfonamides is 1. The number of hydrogen-bond acceptors (Lipinski definition) is 8. The van der Waals surface area contributed by atoms with E-state index in [1.54, 1.807) is 6.92 Å². The maximum absolute atomic E-state index is 13.2. The number of anilines is 1. The number of fused-ring (bicyclic) bond motifs is 1. The first-order valence-corrected chi connectivity index (χ1v) is 15.5. The number of nitrogens with one attached hydrogen (secondary N) is 1. The summed E-state index contributed by atoms with van der Waals surface area (Å²) in [6.07, 6.45) is 1.94. The van der Waals surface area contributed by atoms with Crippen LogP contribution in [-0.4, -0.2) is 51.1 Å². The normalized spacial score (nSPS) is 12.5. The van der Waals surface area contributed by atoms with Gasteiger partial charge in [0, 0.05) is 30.0 Å². The molecule has 2 heterocycles. The molecule has 40 heavy (non-hydrogen) atoms. The molecule has 3 aromatic rings. The van der Waals surface area contributed by atoms with Gasteiger partial charge in [-0.3, -0.25) is 4.79 Å². The average Bonchev–Trinajstić information content (AvgIpc) is 3.52. The Labute approximate surface area is 239 Å². The van der Waals surface area contributed by atoms with Crippen LogP contribution in [0.15, 0.2) is 47.4 Å². The van der Waals surface area contributed by atoms with Crippen molar-refractivity contribution in [2.45, 2.75) is 51.9 Å². The van der Waals surface area contributed by atoms with Crippen LogP contribution in [0.1, 0.15) is 70.3 Å². The number of benzene rings is 2. The van der Waals surface area contributed by atoms with E-state index in [9.17, 15) is 18.0 Å².